The number of hydrogen-bond donors (Lipinski definition) is 0. The lowest BCUT2D eigenvalue weighted by Gasteiger charge is -2.26. The Balaban J connectivity index is 0.000000153. The van der Waals surface area contributed by atoms with Gasteiger partial charge in [-0.2, -0.15) is 9.59 Å². The SMILES string of the molecule is C.Cc1ccc2c(C3CCCCC3)c3n(c2c1)COc1ccccc1-3.O=C=O.O=COc1ccc2c(C3CCCCC3)c3n(c2c1)COc1ccccc1-3. The molecule has 2 aliphatic carbocycles. The lowest BCUT2D eigenvalue weighted by molar-refractivity contribution is -0.191. The van der Waals surface area contributed by atoms with Crippen LogP contribution in [0.15, 0.2) is 84.9 Å². The molecule has 0 bridgehead atoms. The van der Waals surface area contributed by atoms with Gasteiger partial charge in [0.25, 0.3) is 6.47 Å². The van der Waals surface area contributed by atoms with Crippen molar-refractivity contribution in [1.29, 1.82) is 0 Å². The molecular formula is C46H48N2O6. The van der Waals surface area contributed by atoms with Crippen LogP contribution in [0.5, 0.6) is 17.2 Å². The number of aromatic nitrogens is 2. The molecule has 2 aromatic heterocycles. The van der Waals surface area contributed by atoms with E-state index in [9.17, 15) is 4.79 Å². The van der Waals surface area contributed by atoms with Gasteiger partial charge in [0.2, 0.25) is 0 Å². The number of rotatable bonds is 4. The third-order valence-corrected chi connectivity index (χ3v) is 11.5. The number of para-hydroxylation sites is 2. The van der Waals surface area contributed by atoms with Gasteiger partial charge in [0.15, 0.2) is 13.5 Å². The second-order valence-electron chi connectivity index (χ2n) is 14.6. The van der Waals surface area contributed by atoms with E-state index in [0.717, 1.165) is 22.6 Å². The molecule has 4 heterocycles. The normalized spacial score (nSPS) is 15.9. The summed E-state index contributed by atoms with van der Waals surface area (Å²) in [5.74, 6) is 3.81. The highest BCUT2D eigenvalue weighted by atomic mass is 16.5. The molecule has 0 amide bonds. The van der Waals surface area contributed by atoms with Gasteiger partial charge in [-0.1, -0.05) is 82.3 Å². The highest BCUT2D eigenvalue weighted by molar-refractivity contribution is 5.96. The number of carbonyl (C=O) groups excluding carboxylic acids is 3. The monoisotopic (exact) mass is 724 g/mol. The Morgan fingerprint density at radius 1 is 0.648 bits per heavy atom. The Hall–Kier alpha value is -5.59. The molecule has 2 aliphatic heterocycles. The van der Waals surface area contributed by atoms with Gasteiger partial charge in [-0.3, -0.25) is 4.79 Å². The molecule has 6 aromatic rings. The van der Waals surface area contributed by atoms with Crippen molar-refractivity contribution in [3.8, 4) is 39.8 Å². The minimum atomic E-state index is 0. The first-order chi connectivity index (χ1) is 26.1. The van der Waals surface area contributed by atoms with Gasteiger partial charge in [-0.25, -0.2) is 0 Å². The minimum Gasteiger partial charge on any atom is -0.472 e. The molecule has 2 saturated carbocycles. The van der Waals surface area contributed by atoms with Crippen molar-refractivity contribution in [2.24, 2.45) is 0 Å². The third kappa shape index (κ3) is 6.71. The number of benzene rings is 4. The third-order valence-electron chi connectivity index (χ3n) is 11.5. The van der Waals surface area contributed by atoms with E-state index in [1.165, 1.54) is 109 Å². The van der Waals surface area contributed by atoms with E-state index in [1.807, 2.05) is 24.3 Å². The summed E-state index contributed by atoms with van der Waals surface area (Å²) in [4.78, 5) is 27.0. The van der Waals surface area contributed by atoms with E-state index in [2.05, 4.69) is 76.7 Å². The maximum atomic E-state index is 10.8. The van der Waals surface area contributed by atoms with E-state index in [0.29, 0.717) is 37.5 Å². The quantitative estimate of drug-likeness (QED) is 0.168. The van der Waals surface area contributed by atoms with E-state index >= 15 is 0 Å². The lowest BCUT2D eigenvalue weighted by atomic mass is 9.81. The first kappa shape index (κ1) is 36.8. The van der Waals surface area contributed by atoms with Gasteiger partial charge >= 0.3 is 6.15 Å². The van der Waals surface area contributed by atoms with Gasteiger partial charge in [0, 0.05) is 28.0 Å². The van der Waals surface area contributed by atoms with Crippen molar-refractivity contribution in [2.45, 2.75) is 104 Å². The Morgan fingerprint density at radius 3 is 1.61 bits per heavy atom. The molecule has 4 aromatic carbocycles. The van der Waals surface area contributed by atoms with E-state index < -0.39 is 0 Å². The van der Waals surface area contributed by atoms with Gasteiger partial charge < -0.3 is 23.3 Å². The predicted octanol–water partition coefficient (Wildman–Crippen LogP) is 11.3. The summed E-state index contributed by atoms with van der Waals surface area (Å²) in [5, 5.41) is 2.69. The standard InChI is InChI=1S/C22H21NO3.C22H23NO.CO2.CH4/c24-14-26-16-10-11-17-19(12-16)23-13-25-20-9-5-4-8-18(20)22(23)21(17)15-6-2-1-3-7-15;1-15-11-12-17-19(13-15)23-14-24-20-10-6-5-9-18(20)22(23)21(17)16-7-3-2-4-8-16;2-1-3;/h4-5,8-12,14-15H,1-3,6-7,13H2;5-6,9-13,16H,2-4,7-8,14H2,1H3;;1H4. The van der Waals surface area contributed by atoms with Crippen LogP contribution in [0.25, 0.3) is 44.3 Å². The zero-order chi connectivity index (χ0) is 36.3. The summed E-state index contributed by atoms with van der Waals surface area (Å²) in [5.41, 5.74) is 11.8. The van der Waals surface area contributed by atoms with Crippen LogP contribution in [-0.2, 0) is 27.8 Å². The second-order valence-corrected chi connectivity index (χ2v) is 14.6. The van der Waals surface area contributed by atoms with E-state index in [-0.39, 0.29) is 13.6 Å². The van der Waals surface area contributed by atoms with Gasteiger partial charge in [0.1, 0.15) is 17.2 Å². The fraction of sp³-hybridized carbons (Fsp3) is 0.348. The van der Waals surface area contributed by atoms with Crippen LogP contribution in [0, 0.1) is 6.92 Å². The molecule has 8 nitrogen and oxygen atoms in total. The van der Waals surface area contributed by atoms with E-state index in [1.54, 1.807) is 5.56 Å². The molecule has 10 rings (SSSR count). The number of fused-ring (bicyclic) bond motifs is 10. The number of hydrogen-bond acceptors (Lipinski definition) is 6. The van der Waals surface area contributed by atoms with Crippen molar-refractivity contribution in [2.75, 3.05) is 0 Å². The number of carbonyl (C=O) groups is 1. The van der Waals surface area contributed by atoms with Crippen LogP contribution in [-0.4, -0.2) is 21.8 Å². The molecule has 0 radical (unpaired) electrons. The summed E-state index contributed by atoms with van der Waals surface area (Å²) < 4.78 is 21.8. The van der Waals surface area contributed by atoms with Gasteiger partial charge in [-0.05, 0) is 104 Å². The molecule has 0 saturated heterocycles. The number of ether oxygens (including phenoxy) is 3. The Labute approximate surface area is 316 Å². The van der Waals surface area contributed by atoms with Crippen LogP contribution in [0.2, 0.25) is 0 Å². The first-order valence-electron chi connectivity index (χ1n) is 18.9. The average Bonchev–Trinajstić information content (AvgIpc) is 3.72. The van der Waals surface area contributed by atoms with E-state index in [4.69, 9.17) is 23.8 Å². The summed E-state index contributed by atoms with van der Waals surface area (Å²) in [6.45, 7) is 3.77. The highest BCUT2D eigenvalue weighted by Crippen LogP contribution is 2.49. The molecule has 2 fully saturated rings. The molecule has 8 heteroatoms. The molecule has 0 spiro atoms. The molecule has 0 unspecified atom stereocenters. The van der Waals surface area contributed by atoms with Crippen LogP contribution in [0.3, 0.4) is 0 Å². The number of nitrogens with zero attached hydrogens (tertiary/aromatic N) is 2. The molecule has 4 aliphatic rings. The average molecular weight is 725 g/mol. The Kier molecular flexibility index (Phi) is 11.0. The maximum Gasteiger partial charge on any atom is 0.373 e. The van der Waals surface area contributed by atoms with Crippen molar-refractivity contribution in [1.82, 2.24) is 9.13 Å². The van der Waals surface area contributed by atoms with Crippen LogP contribution < -0.4 is 14.2 Å². The largest absolute Gasteiger partial charge is 0.472 e. The molecule has 0 N–H and O–H groups in total. The van der Waals surface area contributed by atoms with Crippen LogP contribution >= 0.6 is 0 Å². The lowest BCUT2D eigenvalue weighted by Crippen LogP contribution is -2.14. The fourth-order valence-electron chi connectivity index (χ4n) is 9.27. The number of aryl methyl sites for hydroxylation is 1. The zero-order valence-electron chi connectivity index (χ0n) is 30.1. The molecular weight excluding hydrogens is 677 g/mol. The van der Waals surface area contributed by atoms with Gasteiger partial charge in [0.05, 0.1) is 22.4 Å². The summed E-state index contributed by atoms with van der Waals surface area (Å²) in [7, 11) is 0. The molecule has 54 heavy (non-hydrogen) atoms. The summed E-state index contributed by atoms with van der Waals surface area (Å²) in [6.07, 6.45) is 13.4. The summed E-state index contributed by atoms with van der Waals surface area (Å²) >= 11 is 0. The van der Waals surface area contributed by atoms with Crippen molar-refractivity contribution in [3.63, 3.8) is 0 Å². The Bertz CT molecular complexity index is 2320. The zero-order valence-corrected chi connectivity index (χ0v) is 30.1. The highest BCUT2D eigenvalue weighted by Gasteiger charge is 2.31. The second kappa shape index (κ2) is 16.2. The van der Waals surface area contributed by atoms with Crippen molar-refractivity contribution < 1.29 is 28.6 Å². The Morgan fingerprint density at radius 2 is 1.11 bits per heavy atom. The van der Waals surface area contributed by atoms with Crippen LogP contribution in [0.1, 0.15) is 100 Å². The van der Waals surface area contributed by atoms with Gasteiger partial charge in [-0.15, -0.1) is 0 Å². The van der Waals surface area contributed by atoms with Crippen LogP contribution in [0.4, 0.5) is 0 Å². The maximum absolute atomic E-state index is 10.8. The first-order valence-corrected chi connectivity index (χ1v) is 18.9. The molecule has 0 atom stereocenters. The fourth-order valence-corrected chi connectivity index (χ4v) is 9.27. The topological polar surface area (TPSA) is 88.8 Å². The predicted molar refractivity (Wildman–Crippen MR) is 211 cm³/mol. The smallest absolute Gasteiger partial charge is 0.373 e. The van der Waals surface area contributed by atoms with Crippen molar-refractivity contribution in [3.05, 3.63) is 102 Å². The summed E-state index contributed by atoms with van der Waals surface area (Å²) in [6, 6.07) is 29.7. The molecule has 278 valence electrons. The van der Waals surface area contributed by atoms with Crippen molar-refractivity contribution >= 4 is 34.4 Å². The minimum absolute atomic E-state index is 0.